The third-order valence-corrected chi connectivity index (χ3v) is 6.08. The summed E-state index contributed by atoms with van der Waals surface area (Å²) in [4.78, 5) is 34.2. The Bertz CT molecular complexity index is 1230. The number of aromatic amines is 1. The van der Waals surface area contributed by atoms with Gasteiger partial charge in [0, 0.05) is 32.1 Å². The van der Waals surface area contributed by atoms with Gasteiger partial charge in [0.2, 0.25) is 5.91 Å². The number of halogens is 2. The van der Waals surface area contributed by atoms with Crippen molar-refractivity contribution in [3.8, 4) is 5.75 Å². The van der Waals surface area contributed by atoms with Gasteiger partial charge in [-0.3, -0.25) is 14.5 Å². The Kier molecular flexibility index (Phi) is 7.05. The minimum atomic E-state index is -0.854. The van der Waals surface area contributed by atoms with Crippen LogP contribution in [0.5, 0.6) is 5.75 Å². The molecule has 2 heterocycles. The number of benzene rings is 2. The number of carbonyl (C=O) groups is 1. The Morgan fingerprint density at radius 1 is 1.27 bits per heavy atom. The van der Waals surface area contributed by atoms with E-state index < -0.39 is 17.5 Å². The number of amides is 1. The summed E-state index contributed by atoms with van der Waals surface area (Å²) in [7, 11) is 1.63. The Balaban J connectivity index is 1.37. The number of nitrogens with zero attached hydrogens (tertiary/aromatic N) is 2. The van der Waals surface area contributed by atoms with Gasteiger partial charge in [-0.25, -0.2) is 13.8 Å². The highest BCUT2D eigenvalue weighted by molar-refractivity contribution is 7.99. The molecule has 1 aliphatic rings. The second-order valence-electron chi connectivity index (χ2n) is 7.57. The number of anilines is 1. The molecule has 0 bridgehead atoms. The van der Waals surface area contributed by atoms with Gasteiger partial charge in [-0.1, -0.05) is 23.9 Å². The van der Waals surface area contributed by atoms with Crippen LogP contribution in [0.25, 0.3) is 0 Å². The van der Waals surface area contributed by atoms with Gasteiger partial charge >= 0.3 is 0 Å². The first-order valence-corrected chi connectivity index (χ1v) is 11.2. The average Bonchev–Trinajstić information content (AvgIpc) is 2.80. The molecule has 2 N–H and O–H groups in total. The van der Waals surface area contributed by atoms with Crippen LogP contribution in [-0.2, 0) is 24.3 Å². The zero-order valence-corrected chi connectivity index (χ0v) is 18.7. The number of hydrogen-bond donors (Lipinski definition) is 2. The highest BCUT2D eigenvalue weighted by atomic mass is 32.2. The average molecular weight is 473 g/mol. The third kappa shape index (κ3) is 5.77. The van der Waals surface area contributed by atoms with Crippen molar-refractivity contribution in [1.29, 1.82) is 0 Å². The SMILES string of the molecule is COc1cccc(CN2CCc3nc(SCC(=O)Nc4ccc(F)cc4F)[nH]c(=O)c3C2)c1. The Labute approximate surface area is 193 Å². The Hall–Kier alpha value is -3.24. The molecule has 0 saturated carbocycles. The molecular weight excluding hydrogens is 450 g/mol. The van der Waals surface area contributed by atoms with E-state index in [0.29, 0.717) is 42.0 Å². The van der Waals surface area contributed by atoms with E-state index in [2.05, 4.69) is 20.2 Å². The maximum absolute atomic E-state index is 13.7. The molecule has 0 fully saturated rings. The van der Waals surface area contributed by atoms with E-state index in [1.54, 1.807) is 7.11 Å². The molecule has 2 aromatic carbocycles. The molecule has 0 atom stereocenters. The lowest BCUT2D eigenvalue weighted by atomic mass is 10.1. The standard InChI is InChI=1S/C23H22F2N4O3S/c1-32-16-4-2-3-14(9-16)11-29-8-7-19-17(12-29)22(31)28-23(27-19)33-13-21(30)26-20-6-5-15(24)10-18(20)25/h2-6,9-10H,7-8,11-13H2,1H3,(H,26,30)(H,27,28,31). The number of thioether (sulfide) groups is 1. The van der Waals surface area contributed by atoms with Crippen LogP contribution in [0.2, 0.25) is 0 Å². The van der Waals surface area contributed by atoms with Crippen LogP contribution in [-0.4, -0.2) is 40.2 Å². The molecule has 0 spiro atoms. The van der Waals surface area contributed by atoms with Gasteiger partial charge in [-0.2, -0.15) is 0 Å². The van der Waals surface area contributed by atoms with Gasteiger partial charge in [-0.05, 0) is 29.8 Å². The summed E-state index contributed by atoms with van der Waals surface area (Å²) in [5.74, 6) is -1.36. The first kappa shape index (κ1) is 22.9. The van der Waals surface area contributed by atoms with E-state index >= 15 is 0 Å². The number of H-pyrrole nitrogens is 1. The number of methoxy groups -OCH3 is 1. The molecule has 10 heteroatoms. The fourth-order valence-corrected chi connectivity index (χ4v) is 4.28. The Morgan fingerprint density at radius 3 is 2.91 bits per heavy atom. The van der Waals surface area contributed by atoms with Crippen LogP contribution >= 0.6 is 11.8 Å². The minimum absolute atomic E-state index is 0.0828. The van der Waals surface area contributed by atoms with Gasteiger partial charge in [0.15, 0.2) is 5.16 Å². The summed E-state index contributed by atoms with van der Waals surface area (Å²) in [5, 5.41) is 2.71. The van der Waals surface area contributed by atoms with Crippen LogP contribution in [0.15, 0.2) is 52.4 Å². The van der Waals surface area contributed by atoms with Crippen molar-refractivity contribution in [3.63, 3.8) is 0 Å². The fraction of sp³-hybridized carbons (Fsp3) is 0.261. The number of aromatic nitrogens is 2. The van der Waals surface area contributed by atoms with Crippen molar-refractivity contribution in [2.75, 3.05) is 24.7 Å². The molecule has 3 aromatic rings. The maximum Gasteiger partial charge on any atom is 0.256 e. The maximum atomic E-state index is 13.7. The quantitative estimate of drug-likeness (QED) is 0.405. The number of rotatable bonds is 7. The molecule has 0 radical (unpaired) electrons. The van der Waals surface area contributed by atoms with Crippen LogP contribution < -0.4 is 15.6 Å². The van der Waals surface area contributed by atoms with Crippen LogP contribution in [0, 0.1) is 11.6 Å². The van der Waals surface area contributed by atoms with Crippen molar-refractivity contribution in [3.05, 3.63) is 81.3 Å². The lowest BCUT2D eigenvalue weighted by Gasteiger charge is -2.27. The number of nitrogens with one attached hydrogen (secondary N) is 2. The van der Waals surface area contributed by atoms with E-state index in [0.717, 1.165) is 41.8 Å². The minimum Gasteiger partial charge on any atom is -0.497 e. The van der Waals surface area contributed by atoms with Crippen molar-refractivity contribution < 1.29 is 18.3 Å². The van der Waals surface area contributed by atoms with Gasteiger partial charge < -0.3 is 15.0 Å². The molecule has 1 aliphatic heterocycles. The predicted molar refractivity (Wildman–Crippen MR) is 121 cm³/mol. The van der Waals surface area contributed by atoms with Gasteiger partial charge in [0.25, 0.3) is 5.56 Å². The molecule has 33 heavy (non-hydrogen) atoms. The van der Waals surface area contributed by atoms with Crippen LogP contribution in [0.1, 0.15) is 16.8 Å². The lowest BCUT2D eigenvalue weighted by Crippen LogP contribution is -2.35. The Morgan fingerprint density at radius 2 is 2.12 bits per heavy atom. The molecule has 172 valence electrons. The molecular formula is C23H22F2N4O3S. The van der Waals surface area contributed by atoms with Gasteiger partial charge in [0.05, 0.1) is 29.8 Å². The summed E-state index contributed by atoms with van der Waals surface area (Å²) < 4.78 is 31.9. The second-order valence-corrected chi connectivity index (χ2v) is 8.53. The molecule has 0 aliphatic carbocycles. The molecule has 0 saturated heterocycles. The van der Waals surface area contributed by atoms with Crippen molar-refractivity contribution in [1.82, 2.24) is 14.9 Å². The summed E-state index contributed by atoms with van der Waals surface area (Å²) in [6, 6.07) is 10.7. The summed E-state index contributed by atoms with van der Waals surface area (Å²) in [5.41, 5.74) is 2.09. The molecule has 0 unspecified atom stereocenters. The molecule has 1 amide bonds. The van der Waals surface area contributed by atoms with E-state index in [9.17, 15) is 18.4 Å². The third-order valence-electron chi connectivity index (χ3n) is 5.21. The van der Waals surface area contributed by atoms with E-state index in [4.69, 9.17) is 4.74 Å². The summed E-state index contributed by atoms with van der Waals surface area (Å²) in [6.45, 7) is 1.91. The van der Waals surface area contributed by atoms with E-state index in [-0.39, 0.29) is 17.0 Å². The topological polar surface area (TPSA) is 87.3 Å². The highest BCUT2D eigenvalue weighted by Crippen LogP contribution is 2.21. The van der Waals surface area contributed by atoms with Crippen LogP contribution in [0.4, 0.5) is 14.5 Å². The first-order valence-electron chi connectivity index (χ1n) is 10.3. The fourth-order valence-electron chi connectivity index (χ4n) is 3.60. The normalized spacial score (nSPS) is 13.4. The van der Waals surface area contributed by atoms with Crippen molar-refractivity contribution >= 4 is 23.4 Å². The zero-order chi connectivity index (χ0) is 23.4. The molecule has 1 aromatic heterocycles. The van der Waals surface area contributed by atoms with Crippen molar-refractivity contribution in [2.24, 2.45) is 0 Å². The van der Waals surface area contributed by atoms with E-state index in [1.807, 2.05) is 24.3 Å². The summed E-state index contributed by atoms with van der Waals surface area (Å²) in [6.07, 6.45) is 0.615. The van der Waals surface area contributed by atoms with E-state index in [1.165, 1.54) is 0 Å². The first-order chi connectivity index (χ1) is 15.9. The number of hydrogen-bond acceptors (Lipinski definition) is 6. The van der Waals surface area contributed by atoms with Gasteiger partial charge in [0.1, 0.15) is 17.4 Å². The lowest BCUT2D eigenvalue weighted by molar-refractivity contribution is -0.113. The predicted octanol–water partition coefficient (Wildman–Crippen LogP) is 3.35. The zero-order valence-electron chi connectivity index (χ0n) is 17.9. The highest BCUT2D eigenvalue weighted by Gasteiger charge is 2.22. The smallest absolute Gasteiger partial charge is 0.256 e. The van der Waals surface area contributed by atoms with Crippen LogP contribution in [0.3, 0.4) is 0 Å². The summed E-state index contributed by atoms with van der Waals surface area (Å²) >= 11 is 1.05. The second kappa shape index (κ2) is 10.1. The number of fused-ring (bicyclic) bond motifs is 1. The monoisotopic (exact) mass is 472 g/mol. The molecule has 4 rings (SSSR count). The van der Waals surface area contributed by atoms with Gasteiger partial charge in [-0.15, -0.1) is 0 Å². The number of carbonyl (C=O) groups excluding carboxylic acids is 1. The number of ether oxygens (including phenoxy) is 1. The largest absolute Gasteiger partial charge is 0.497 e. The van der Waals surface area contributed by atoms with Crippen molar-refractivity contribution in [2.45, 2.75) is 24.7 Å². The molecule has 7 nitrogen and oxygen atoms in total.